The third-order valence-electron chi connectivity index (χ3n) is 4.88. The first-order valence-electron chi connectivity index (χ1n) is 8.63. The van der Waals surface area contributed by atoms with Crippen molar-refractivity contribution in [3.8, 4) is 0 Å². The number of nitrogens with one attached hydrogen (secondary N) is 1. The molecule has 1 aliphatic carbocycles. The number of carbonyl (C=O) groups is 2. The SMILES string of the molecule is Cc1ccc(C)c(N(C)C(=O)c2ccc(NC(=O)[C@H]3C[C@H]3C)cc2)c1. The molecule has 130 valence electrons. The number of aryl methyl sites for hydroxylation is 2. The molecule has 1 fully saturated rings. The third kappa shape index (κ3) is 3.73. The first kappa shape index (κ1) is 17.2. The molecule has 4 heteroatoms. The van der Waals surface area contributed by atoms with E-state index in [9.17, 15) is 9.59 Å². The highest BCUT2D eigenvalue weighted by molar-refractivity contribution is 6.06. The van der Waals surface area contributed by atoms with E-state index in [1.165, 1.54) is 0 Å². The lowest BCUT2D eigenvalue weighted by Gasteiger charge is -2.20. The standard InChI is InChI=1S/C21H24N2O2/c1-13-5-6-14(2)19(11-13)23(4)21(25)16-7-9-17(10-8-16)22-20(24)18-12-15(18)3/h5-11,15,18H,12H2,1-4H3,(H,22,24)/t15-,18+/m1/s1. The van der Waals surface area contributed by atoms with Crippen LogP contribution in [0.4, 0.5) is 11.4 Å². The lowest BCUT2D eigenvalue weighted by atomic mass is 10.1. The first-order chi connectivity index (χ1) is 11.9. The van der Waals surface area contributed by atoms with Crippen LogP contribution in [0.5, 0.6) is 0 Å². The maximum absolute atomic E-state index is 12.7. The van der Waals surface area contributed by atoms with Crippen LogP contribution < -0.4 is 10.2 Å². The Morgan fingerprint density at radius 2 is 1.72 bits per heavy atom. The van der Waals surface area contributed by atoms with Gasteiger partial charge in [0.15, 0.2) is 0 Å². The number of hydrogen-bond donors (Lipinski definition) is 1. The number of nitrogens with zero attached hydrogens (tertiary/aromatic N) is 1. The Balaban J connectivity index is 1.71. The van der Waals surface area contributed by atoms with Gasteiger partial charge in [0.25, 0.3) is 5.91 Å². The highest BCUT2D eigenvalue weighted by Gasteiger charge is 2.39. The number of benzene rings is 2. The van der Waals surface area contributed by atoms with Crippen molar-refractivity contribution in [1.82, 2.24) is 0 Å². The Kier molecular flexibility index (Phi) is 4.62. The molecule has 0 bridgehead atoms. The molecule has 1 aliphatic rings. The number of carbonyl (C=O) groups excluding carboxylic acids is 2. The van der Waals surface area contributed by atoms with Gasteiger partial charge in [-0.05, 0) is 67.6 Å². The summed E-state index contributed by atoms with van der Waals surface area (Å²) in [6, 6.07) is 13.2. The summed E-state index contributed by atoms with van der Waals surface area (Å²) in [6.07, 6.45) is 0.961. The summed E-state index contributed by atoms with van der Waals surface area (Å²) in [7, 11) is 1.79. The number of anilines is 2. The molecule has 0 unspecified atom stereocenters. The predicted molar refractivity (Wildman–Crippen MR) is 101 cm³/mol. The van der Waals surface area contributed by atoms with Gasteiger partial charge in [-0.25, -0.2) is 0 Å². The molecule has 0 aromatic heterocycles. The fourth-order valence-electron chi connectivity index (χ4n) is 3.00. The van der Waals surface area contributed by atoms with Crippen molar-refractivity contribution in [1.29, 1.82) is 0 Å². The van der Waals surface area contributed by atoms with Crippen LogP contribution >= 0.6 is 0 Å². The summed E-state index contributed by atoms with van der Waals surface area (Å²) in [5.41, 5.74) is 4.41. The van der Waals surface area contributed by atoms with Gasteiger partial charge in [0.05, 0.1) is 0 Å². The zero-order valence-electron chi connectivity index (χ0n) is 15.2. The van der Waals surface area contributed by atoms with Crippen molar-refractivity contribution >= 4 is 23.2 Å². The maximum atomic E-state index is 12.7. The molecule has 2 aromatic rings. The summed E-state index contributed by atoms with van der Waals surface area (Å²) < 4.78 is 0. The normalized spacial score (nSPS) is 18.6. The Labute approximate surface area is 148 Å². The highest BCUT2D eigenvalue weighted by atomic mass is 16.2. The average molecular weight is 336 g/mol. The van der Waals surface area contributed by atoms with Gasteiger partial charge in [0.2, 0.25) is 5.91 Å². The lowest BCUT2D eigenvalue weighted by molar-refractivity contribution is -0.117. The zero-order valence-corrected chi connectivity index (χ0v) is 15.2. The van der Waals surface area contributed by atoms with Crippen LogP contribution in [0.15, 0.2) is 42.5 Å². The topological polar surface area (TPSA) is 49.4 Å². The molecule has 25 heavy (non-hydrogen) atoms. The molecule has 4 nitrogen and oxygen atoms in total. The Morgan fingerprint density at radius 1 is 1.08 bits per heavy atom. The second-order valence-electron chi connectivity index (χ2n) is 7.04. The van der Waals surface area contributed by atoms with E-state index in [1.807, 2.05) is 32.0 Å². The van der Waals surface area contributed by atoms with Crippen molar-refractivity contribution in [2.45, 2.75) is 27.2 Å². The quantitative estimate of drug-likeness (QED) is 0.911. The summed E-state index contributed by atoms with van der Waals surface area (Å²) in [6.45, 7) is 6.09. The van der Waals surface area contributed by atoms with Gasteiger partial charge in [0, 0.05) is 29.9 Å². The number of hydrogen-bond acceptors (Lipinski definition) is 2. The molecule has 1 saturated carbocycles. The monoisotopic (exact) mass is 336 g/mol. The van der Waals surface area contributed by atoms with Gasteiger partial charge in [-0.1, -0.05) is 19.1 Å². The molecule has 0 spiro atoms. The van der Waals surface area contributed by atoms with Crippen LogP contribution in [-0.2, 0) is 4.79 Å². The smallest absolute Gasteiger partial charge is 0.258 e. The second-order valence-corrected chi connectivity index (χ2v) is 7.04. The van der Waals surface area contributed by atoms with Crippen molar-refractivity contribution in [3.05, 3.63) is 59.2 Å². The highest BCUT2D eigenvalue weighted by Crippen LogP contribution is 2.38. The van der Waals surface area contributed by atoms with Crippen LogP contribution in [0.2, 0.25) is 0 Å². The molecule has 0 saturated heterocycles. The summed E-state index contributed by atoms with van der Waals surface area (Å²) in [5, 5.41) is 2.91. The molecule has 0 aliphatic heterocycles. The average Bonchev–Trinajstić information content (AvgIpc) is 3.33. The van der Waals surface area contributed by atoms with Crippen molar-refractivity contribution in [3.63, 3.8) is 0 Å². The molecule has 2 amide bonds. The van der Waals surface area contributed by atoms with E-state index >= 15 is 0 Å². The van der Waals surface area contributed by atoms with Crippen LogP contribution in [0, 0.1) is 25.7 Å². The van der Waals surface area contributed by atoms with E-state index < -0.39 is 0 Å². The minimum Gasteiger partial charge on any atom is -0.326 e. The number of amides is 2. The van der Waals surface area contributed by atoms with E-state index in [1.54, 1.807) is 36.2 Å². The minimum absolute atomic E-state index is 0.0672. The Bertz CT molecular complexity index is 811. The van der Waals surface area contributed by atoms with E-state index in [2.05, 4.69) is 12.2 Å². The van der Waals surface area contributed by atoms with Gasteiger partial charge in [-0.2, -0.15) is 0 Å². The summed E-state index contributed by atoms with van der Waals surface area (Å²) in [5.74, 6) is 0.616. The van der Waals surface area contributed by atoms with Gasteiger partial charge in [0.1, 0.15) is 0 Å². The van der Waals surface area contributed by atoms with Crippen molar-refractivity contribution < 1.29 is 9.59 Å². The third-order valence-corrected chi connectivity index (χ3v) is 4.88. The first-order valence-corrected chi connectivity index (χ1v) is 8.63. The fraction of sp³-hybridized carbons (Fsp3) is 0.333. The molecule has 1 N–H and O–H groups in total. The van der Waals surface area contributed by atoms with Gasteiger partial charge < -0.3 is 10.2 Å². The zero-order chi connectivity index (χ0) is 18.1. The summed E-state index contributed by atoms with van der Waals surface area (Å²) >= 11 is 0. The molecular formula is C21H24N2O2. The van der Waals surface area contributed by atoms with Gasteiger partial charge in [-0.3, -0.25) is 9.59 Å². The maximum Gasteiger partial charge on any atom is 0.258 e. The molecule has 0 heterocycles. The van der Waals surface area contributed by atoms with Crippen LogP contribution in [-0.4, -0.2) is 18.9 Å². The molecule has 0 radical (unpaired) electrons. The van der Waals surface area contributed by atoms with E-state index in [-0.39, 0.29) is 17.7 Å². The number of rotatable bonds is 4. The molecule has 2 atom stereocenters. The van der Waals surface area contributed by atoms with Crippen molar-refractivity contribution in [2.75, 3.05) is 17.3 Å². The predicted octanol–water partition coefficient (Wildman–Crippen LogP) is 4.17. The molecular weight excluding hydrogens is 312 g/mol. The largest absolute Gasteiger partial charge is 0.326 e. The summed E-state index contributed by atoms with van der Waals surface area (Å²) in [4.78, 5) is 26.4. The van der Waals surface area contributed by atoms with Crippen molar-refractivity contribution in [2.24, 2.45) is 11.8 Å². The Hall–Kier alpha value is -2.62. The van der Waals surface area contributed by atoms with E-state index in [0.717, 1.165) is 28.9 Å². The lowest BCUT2D eigenvalue weighted by Crippen LogP contribution is -2.27. The molecule has 2 aromatic carbocycles. The van der Waals surface area contributed by atoms with Crippen LogP contribution in [0.3, 0.4) is 0 Å². The molecule has 3 rings (SSSR count). The minimum atomic E-state index is -0.0672. The fourth-order valence-corrected chi connectivity index (χ4v) is 3.00. The second kappa shape index (κ2) is 6.71. The van der Waals surface area contributed by atoms with E-state index in [4.69, 9.17) is 0 Å². The van der Waals surface area contributed by atoms with Crippen LogP contribution in [0.1, 0.15) is 34.8 Å². The van der Waals surface area contributed by atoms with E-state index in [0.29, 0.717) is 11.5 Å². The Morgan fingerprint density at radius 3 is 2.32 bits per heavy atom. The van der Waals surface area contributed by atoms with Crippen LogP contribution in [0.25, 0.3) is 0 Å². The van der Waals surface area contributed by atoms with Gasteiger partial charge in [-0.15, -0.1) is 0 Å². The van der Waals surface area contributed by atoms with Gasteiger partial charge >= 0.3 is 0 Å².